The standard InChI is InChI=1S/C22H35ClN4O3Si/c1-13(2)31(14(3)4,15(5)6)30-19-12-26-8-7-22(19,27-21(28)29)17-9-16(11-24)10-18(25)20(17)23/h9-10,13-15,19,26-27H,7-8,12,25H2,1-6H3,(H,28,29)/t19-,22-/m1/s1. The van der Waals surface area contributed by atoms with Crippen LogP contribution in [0.2, 0.25) is 21.6 Å². The van der Waals surface area contributed by atoms with E-state index < -0.39 is 26.1 Å². The normalized spacial score (nSPS) is 22.0. The number of carbonyl (C=O) groups is 1. The first-order valence-electron chi connectivity index (χ1n) is 10.8. The summed E-state index contributed by atoms with van der Waals surface area (Å²) in [6, 6.07) is 5.25. The third-order valence-electron chi connectivity index (χ3n) is 6.67. The van der Waals surface area contributed by atoms with E-state index in [4.69, 9.17) is 21.8 Å². The Kier molecular flexibility index (Phi) is 8.03. The summed E-state index contributed by atoms with van der Waals surface area (Å²) < 4.78 is 7.07. The van der Waals surface area contributed by atoms with Crippen LogP contribution in [0.15, 0.2) is 12.1 Å². The number of nitriles is 1. The number of nitrogens with zero attached hydrogens (tertiary/aromatic N) is 1. The van der Waals surface area contributed by atoms with Crippen molar-refractivity contribution in [2.45, 2.75) is 76.2 Å². The Hall–Kier alpha value is -1.79. The SMILES string of the molecule is CC(C)[Si](O[C@@H]1CNCC[C@@]1(NC(=O)O)c1cc(C#N)cc(N)c1Cl)(C(C)C)C(C)C. The van der Waals surface area contributed by atoms with Crippen LogP contribution in [0, 0.1) is 11.3 Å². The average molecular weight is 467 g/mol. The van der Waals surface area contributed by atoms with E-state index in [-0.39, 0.29) is 10.7 Å². The van der Waals surface area contributed by atoms with Gasteiger partial charge in [-0.15, -0.1) is 0 Å². The Morgan fingerprint density at radius 1 is 1.32 bits per heavy atom. The maximum atomic E-state index is 12.0. The first-order valence-corrected chi connectivity index (χ1v) is 13.3. The molecule has 1 heterocycles. The zero-order valence-electron chi connectivity index (χ0n) is 19.3. The molecule has 1 aliphatic rings. The van der Waals surface area contributed by atoms with E-state index in [1.54, 1.807) is 6.07 Å². The van der Waals surface area contributed by atoms with E-state index >= 15 is 0 Å². The molecule has 1 aromatic carbocycles. The van der Waals surface area contributed by atoms with Gasteiger partial charge in [0.1, 0.15) is 0 Å². The van der Waals surface area contributed by atoms with Crippen molar-refractivity contribution in [3.05, 3.63) is 28.3 Å². The van der Waals surface area contributed by atoms with Crippen LogP contribution in [0.1, 0.15) is 59.1 Å². The lowest BCUT2D eigenvalue weighted by Crippen LogP contribution is -2.65. The molecule has 0 unspecified atom stereocenters. The first kappa shape index (κ1) is 25.5. The van der Waals surface area contributed by atoms with Crippen molar-refractivity contribution in [1.82, 2.24) is 10.6 Å². The number of hydrogen-bond donors (Lipinski definition) is 4. The molecule has 2 rings (SSSR count). The number of hydrogen-bond acceptors (Lipinski definition) is 5. The number of amides is 1. The molecule has 172 valence electrons. The maximum absolute atomic E-state index is 12.0. The van der Waals surface area contributed by atoms with Gasteiger partial charge in [-0.1, -0.05) is 53.1 Å². The monoisotopic (exact) mass is 466 g/mol. The smallest absolute Gasteiger partial charge is 0.405 e. The van der Waals surface area contributed by atoms with Crippen LogP contribution in [-0.2, 0) is 9.96 Å². The molecule has 5 N–H and O–H groups in total. The Labute approximate surface area is 191 Å². The lowest BCUT2D eigenvalue weighted by atomic mass is 9.78. The fourth-order valence-electron chi connectivity index (χ4n) is 5.40. The highest BCUT2D eigenvalue weighted by Crippen LogP contribution is 2.47. The van der Waals surface area contributed by atoms with Crippen LogP contribution in [0.5, 0.6) is 0 Å². The van der Waals surface area contributed by atoms with Crippen LogP contribution in [0.3, 0.4) is 0 Å². The van der Waals surface area contributed by atoms with E-state index in [9.17, 15) is 15.2 Å². The Balaban J connectivity index is 2.74. The highest BCUT2D eigenvalue weighted by molar-refractivity contribution is 6.77. The zero-order chi connectivity index (χ0) is 23.6. The van der Waals surface area contributed by atoms with Crippen molar-refractivity contribution in [2.75, 3.05) is 18.8 Å². The summed E-state index contributed by atoms with van der Waals surface area (Å²) >= 11 is 6.62. The highest BCUT2D eigenvalue weighted by Gasteiger charge is 2.53. The van der Waals surface area contributed by atoms with E-state index in [2.05, 4.69) is 58.2 Å². The molecule has 0 aromatic heterocycles. The van der Waals surface area contributed by atoms with Crippen molar-refractivity contribution in [1.29, 1.82) is 5.26 Å². The van der Waals surface area contributed by atoms with E-state index in [0.29, 0.717) is 47.3 Å². The van der Waals surface area contributed by atoms with Crippen molar-refractivity contribution in [3.8, 4) is 6.07 Å². The molecule has 1 amide bonds. The van der Waals surface area contributed by atoms with Crippen molar-refractivity contribution in [2.24, 2.45) is 0 Å². The summed E-state index contributed by atoms with van der Waals surface area (Å²) in [4.78, 5) is 12.0. The van der Waals surface area contributed by atoms with Gasteiger partial charge in [0, 0.05) is 12.1 Å². The molecule has 31 heavy (non-hydrogen) atoms. The topological polar surface area (TPSA) is 120 Å². The fraction of sp³-hybridized carbons (Fsp3) is 0.636. The molecule has 1 aromatic rings. The van der Waals surface area contributed by atoms with Crippen LogP contribution in [0.25, 0.3) is 0 Å². The van der Waals surface area contributed by atoms with Crippen LogP contribution >= 0.6 is 11.6 Å². The molecule has 2 atom stereocenters. The summed E-state index contributed by atoms with van der Waals surface area (Å²) in [5, 5.41) is 25.7. The number of benzene rings is 1. The molecule has 0 aliphatic carbocycles. The number of piperidine rings is 1. The summed E-state index contributed by atoms with van der Waals surface area (Å²) in [5.74, 6) is 0. The Morgan fingerprint density at radius 3 is 2.39 bits per heavy atom. The lowest BCUT2D eigenvalue weighted by molar-refractivity contribution is 0.0381. The Morgan fingerprint density at radius 2 is 1.90 bits per heavy atom. The molecule has 7 nitrogen and oxygen atoms in total. The van der Waals surface area contributed by atoms with Gasteiger partial charge in [-0.3, -0.25) is 0 Å². The van der Waals surface area contributed by atoms with Gasteiger partial charge in [0.2, 0.25) is 8.32 Å². The minimum atomic E-state index is -2.35. The van der Waals surface area contributed by atoms with Crippen molar-refractivity contribution < 1.29 is 14.3 Å². The van der Waals surface area contributed by atoms with Crippen LogP contribution in [-0.4, -0.2) is 38.7 Å². The van der Waals surface area contributed by atoms with Gasteiger partial charge in [-0.05, 0) is 41.7 Å². The fourth-order valence-corrected chi connectivity index (χ4v) is 11.3. The molecule has 0 saturated carbocycles. The second kappa shape index (κ2) is 9.78. The number of nitrogen functional groups attached to an aromatic ring is 1. The van der Waals surface area contributed by atoms with Gasteiger partial charge in [0.05, 0.1) is 34.0 Å². The second-order valence-electron chi connectivity index (χ2n) is 9.32. The molecule has 0 bridgehead atoms. The third-order valence-corrected chi connectivity index (χ3v) is 13.2. The summed E-state index contributed by atoms with van der Waals surface area (Å²) in [7, 11) is -2.35. The van der Waals surface area contributed by atoms with Crippen LogP contribution in [0.4, 0.5) is 10.5 Å². The molecule has 1 aliphatic heterocycles. The van der Waals surface area contributed by atoms with Crippen LogP contribution < -0.4 is 16.4 Å². The lowest BCUT2D eigenvalue weighted by Gasteiger charge is -2.52. The van der Waals surface area contributed by atoms with Crippen molar-refractivity contribution >= 4 is 31.7 Å². The summed E-state index contributed by atoms with van der Waals surface area (Å²) in [6.45, 7) is 14.2. The average Bonchev–Trinajstić information content (AvgIpc) is 2.67. The number of nitrogens with two attached hydrogens (primary N) is 1. The molecule has 0 radical (unpaired) electrons. The minimum Gasteiger partial charge on any atom is -0.465 e. The van der Waals surface area contributed by atoms with E-state index in [0.717, 1.165) is 0 Å². The number of rotatable bonds is 7. The third kappa shape index (κ3) is 4.70. The molecular formula is C22H35ClN4O3Si. The highest BCUT2D eigenvalue weighted by atomic mass is 35.5. The van der Waals surface area contributed by atoms with Gasteiger partial charge in [-0.25, -0.2) is 4.79 Å². The number of halogens is 1. The van der Waals surface area contributed by atoms with Gasteiger partial charge in [0.15, 0.2) is 0 Å². The quantitative estimate of drug-likeness (QED) is 0.338. The summed E-state index contributed by atoms with van der Waals surface area (Å²) in [6.07, 6.45) is -1.24. The van der Waals surface area contributed by atoms with Crippen molar-refractivity contribution in [3.63, 3.8) is 0 Å². The van der Waals surface area contributed by atoms with E-state index in [1.165, 1.54) is 6.07 Å². The molecule has 0 spiro atoms. The molecule has 1 saturated heterocycles. The predicted molar refractivity (Wildman–Crippen MR) is 127 cm³/mol. The Bertz CT molecular complexity index is 834. The minimum absolute atomic E-state index is 0.250. The first-order chi connectivity index (χ1) is 14.4. The second-order valence-corrected chi connectivity index (χ2v) is 15.1. The number of nitrogens with one attached hydrogen (secondary N) is 2. The maximum Gasteiger partial charge on any atom is 0.405 e. The largest absolute Gasteiger partial charge is 0.465 e. The van der Waals surface area contributed by atoms with E-state index in [1.807, 2.05) is 0 Å². The molecular weight excluding hydrogens is 432 g/mol. The van der Waals surface area contributed by atoms with Gasteiger partial charge < -0.3 is 25.9 Å². The summed E-state index contributed by atoms with van der Waals surface area (Å²) in [5.41, 5.74) is 7.03. The predicted octanol–water partition coefficient (Wildman–Crippen LogP) is 4.81. The van der Waals surface area contributed by atoms with Gasteiger partial charge in [-0.2, -0.15) is 5.26 Å². The number of anilines is 1. The zero-order valence-corrected chi connectivity index (χ0v) is 21.0. The van der Waals surface area contributed by atoms with Gasteiger partial charge in [0.25, 0.3) is 0 Å². The molecule has 1 fully saturated rings. The number of carboxylic acid groups (broad SMARTS) is 1. The van der Waals surface area contributed by atoms with Gasteiger partial charge >= 0.3 is 6.09 Å². The molecule has 9 heteroatoms.